The molecule has 24 heavy (non-hydrogen) atoms. The van der Waals surface area contributed by atoms with Crippen LogP contribution in [0.1, 0.15) is 36.2 Å². The van der Waals surface area contributed by atoms with E-state index in [0.29, 0.717) is 29.6 Å². The summed E-state index contributed by atoms with van der Waals surface area (Å²) in [6, 6.07) is 5.22. The number of hydrogen-bond donors (Lipinski definition) is 1. The van der Waals surface area contributed by atoms with Crippen LogP contribution in [0.25, 0.3) is 10.6 Å². The van der Waals surface area contributed by atoms with Gasteiger partial charge in [0.25, 0.3) is 5.91 Å². The van der Waals surface area contributed by atoms with Gasteiger partial charge in [0.1, 0.15) is 0 Å². The summed E-state index contributed by atoms with van der Waals surface area (Å²) in [7, 11) is 0. The second kappa shape index (κ2) is 7.36. The van der Waals surface area contributed by atoms with Gasteiger partial charge in [-0.25, -0.2) is 0 Å². The van der Waals surface area contributed by atoms with E-state index in [9.17, 15) is 9.59 Å². The van der Waals surface area contributed by atoms with Gasteiger partial charge in [-0.1, -0.05) is 16.8 Å². The SMILES string of the molecule is O=C(O)CCC1CCCN(C(=O)c2cc(-c3ccc(Cl)s3)on2)C1. The van der Waals surface area contributed by atoms with E-state index in [1.165, 1.54) is 11.3 Å². The number of rotatable bonds is 5. The van der Waals surface area contributed by atoms with Crippen LogP contribution in [-0.2, 0) is 4.79 Å². The van der Waals surface area contributed by atoms with E-state index in [1.54, 1.807) is 17.0 Å². The lowest BCUT2D eigenvalue weighted by molar-refractivity contribution is -0.137. The molecule has 3 rings (SSSR count). The zero-order valence-electron chi connectivity index (χ0n) is 12.9. The van der Waals surface area contributed by atoms with Gasteiger partial charge in [0.2, 0.25) is 0 Å². The lowest BCUT2D eigenvalue weighted by atomic mass is 9.93. The molecule has 3 heterocycles. The van der Waals surface area contributed by atoms with Crippen LogP contribution in [0.3, 0.4) is 0 Å². The molecular formula is C16H17ClN2O4S. The summed E-state index contributed by atoms with van der Waals surface area (Å²) in [6.45, 7) is 1.23. The van der Waals surface area contributed by atoms with Crippen molar-refractivity contribution in [2.75, 3.05) is 13.1 Å². The van der Waals surface area contributed by atoms with E-state index in [2.05, 4.69) is 5.16 Å². The number of hydrogen-bond acceptors (Lipinski definition) is 5. The number of carbonyl (C=O) groups excluding carboxylic acids is 1. The first-order chi connectivity index (χ1) is 11.5. The first-order valence-corrected chi connectivity index (χ1v) is 8.96. The van der Waals surface area contributed by atoms with Crippen LogP contribution in [0.5, 0.6) is 0 Å². The maximum Gasteiger partial charge on any atom is 0.303 e. The quantitative estimate of drug-likeness (QED) is 0.868. The van der Waals surface area contributed by atoms with Crippen molar-refractivity contribution in [3.63, 3.8) is 0 Å². The number of aliphatic carboxylic acids is 1. The number of likely N-dealkylation sites (tertiary alicyclic amines) is 1. The first kappa shape index (κ1) is 17.0. The average molecular weight is 369 g/mol. The summed E-state index contributed by atoms with van der Waals surface area (Å²) in [6.07, 6.45) is 2.56. The van der Waals surface area contributed by atoms with E-state index < -0.39 is 5.97 Å². The summed E-state index contributed by atoms with van der Waals surface area (Å²) >= 11 is 7.27. The lowest BCUT2D eigenvalue weighted by Crippen LogP contribution is -2.40. The Morgan fingerprint density at radius 1 is 1.46 bits per heavy atom. The lowest BCUT2D eigenvalue weighted by Gasteiger charge is -2.32. The Balaban J connectivity index is 1.65. The molecule has 0 aromatic carbocycles. The molecule has 1 aliphatic heterocycles. The van der Waals surface area contributed by atoms with Crippen LogP contribution in [0.2, 0.25) is 4.34 Å². The molecule has 0 spiro atoms. The van der Waals surface area contributed by atoms with E-state index in [-0.39, 0.29) is 23.9 Å². The third-order valence-corrected chi connectivity index (χ3v) is 5.36. The number of carbonyl (C=O) groups is 2. The predicted octanol–water partition coefficient (Wildman–Crippen LogP) is 3.77. The number of carboxylic acid groups (broad SMARTS) is 1. The minimum atomic E-state index is -0.797. The van der Waals surface area contributed by atoms with Gasteiger partial charge in [0.05, 0.1) is 9.21 Å². The molecule has 8 heteroatoms. The Morgan fingerprint density at radius 2 is 2.29 bits per heavy atom. The Kier molecular flexibility index (Phi) is 5.20. The van der Waals surface area contributed by atoms with Crippen LogP contribution >= 0.6 is 22.9 Å². The fourth-order valence-corrected chi connectivity index (χ4v) is 3.90. The zero-order valence-corrected chi connectivity index (χ0v) is 14.5. The Morgan fingerprint density at radius 3 is 3.00 bits per heavy atom. The number of halogens is 1. The van der Waals surface area contributed by atoms with E-state index >= 15 is 0 Å². The van der Waals surface area contributed by atoms with Gasteiger partial charge in [0.15, 0.2) is 11.5 Å². The monoisotopic (exact) mass is 368 g/mol. The Hall–Kier alpha value is -1.86. The zero-order chi connectivity index (χ0) is 17.1. The summed E-state index contributed by atoms with van der Waals surface area (Å²) in [5, 5.41) is 12.7. The molecule has 2 aromatic heterocycles. The molecule has 1 N–H and O–H groups in total. The van der Waals surface area contributed by atoms with Gasteiger partial charge in [0, 0.05) is 25.6 Å². The third-order valence-electron chi connectivity index (χ3n) is 4.12. The maximum absolute atomic E-state index is 12.6. The van der Waals surface area contributed by atoms with Crippen LogP contribution < -0.4 is 0 Å². The molecule has 2 aromatic rings. The average Bonchev–Trinajstić information content (AvgIpc) is 3.21. The topological polar surface area (TPSA) is 83.6 Å². The largest absolute Gasteiger partial charge is 0.481 e. The Labute approximate surface area is 148 Å². The molecule has 0 saturated carbocycles. The van der Waals surface area contributed by atoms with Crippen molar-refractivity contribution in [2.24, 2.45) is 5.92 Å². The molecule has 1 unspecified atom stereocenters. The van der Waals surface area contributed by atoms with Crippen molar-refractivity contribution >= 4 is 34.8 Å². The molecule has 6 nitrogen and oxygen atoms in total. The smallest absolute Gasteiger partial charge is 0.303 e. The number of amides is 1. The minimum Gasteiger partial charge on any atom is -0.481 e. The number of thiophene rings is 1. The molecule has 0 radical (unpaired) electrons. The molecule has 1 amide bonds. The molecule has 0 aliphatic carbocycles. The highest BCUT2D eigenvalue weighted by Gasteiger charge is 2.27. The number of nitrogens with zero attached hydrogens (tertiary/aromatic N) is 2. The molecule has 0 bridgehead atoms. The van der Waals surface area contributed by atoms with Gasteiger partial charge >= 0.3 is 5.97 Å². The van der Waals surface area contributed by atoms with Crippen molar-refractivity contribution in [1.29, 1.82) is 0 Å². The van der Waals surface area contributed by atoms with Crippen molar-refractivity contribution in [1.82, 2.24) is 10.1 Å². The van der Waals surface area contributed by atoms with Crippen molar-refractivity contribution < 1.29 is 19.2 Å². The van der Waals surface area contributed by atoms with Gasteiger partial charge in [-0.2, -0.15) is 0 Å². The maximum atomic E-state index is 12.6. The number of piperidine rings is 1. The molecule has 1 fully saturated rings. The summed E-state index contributed by atoms with van der Waals surface area (Å²) in [5.74, 6) is -0.224. The van der Waals surface area contributed by atoms with Gasteiger partial charge < -0.3 is 14.5 Å². The van der Waals surface area contributed by atoms with E-state index in [4.69, 9.17) is 21.2 Å². The molecule has 1 aliphatic rings. The van der Waals surface area contributed by atoms with Crippen molar-refractivity contribution in [3.05, 3.63) is 28.2 Å². The first-order valence-electron chi connectivity index (χ1n) is 7.76. The molecule has 128 valence electrons. The van der Waals surface area contributed by atoms with Crippen LogP contribution in [0.15, 0.2) is 22.7 Å². The van der Waals surface area contributed by atoms with Crippen LogP contribution in [-0.4, -0.2) is 40.1 Å². The highest BCUT2D eigenvalue weighted by molar-refractivity contribution is 7.19. The third kappa shape index (κ3) is 3.96. The summed E-state index contributed by atoms with van der Waals surface area (Å²) in [5.41, 5.74) is 0.272. The van der Waals surface area contributed by atoms with E-state index in [0.717, 1.165) is 17.7 Å². The van der Waals surface area contributed by atoms with Crippen molar-refractivity contribution in [2.45, 2.75) is 25.7 Å². The fraction of sp³-hybridized carbons (Fsp3) is 0.438. The van der Waals surface area contributed by atoms with E-state index in [1.807, 2.05) is 6.07 Å². The molecule has 1 atom stereocenters. The highest BCUT2D eigenvalue weighted by atomic mass is 35.5. The van der Waals surface area contributed by atoms with Gasteiger partial charge in [-0.15, -0.1) is 11.3 Å². The van der Waals surface area contributed by atoms with Gasteiger partial charge in [-0.3, -0.25) is 9.59 Å². The minimum absolute atomic E-state index is 0.139. The summed E-state index contributed by atoms with van der Waals surface area (Å²) in [4.78, 5) is 25.9. The number of aromatic nitrogens is 1. The predicted molar refractivity (Wildman–Crippen MR) is 90.3 cm³/mol. The second-order valence-electron chi connectivity index (χ2n) is 5.87. The normalized spacial score (nSPS) is 17.9. The summed E-state index contributed by atoms with van der Waals surface area (Å²) < 4.78 is 5.90. The fourth-order valence-electron chi connectivity index (χ4n) is 2.91. The van der Waals surface area contributed by atoms with Gasteiger partial charge in [-0.05, 0) is 37.3 Å². The standard InChI is InChI=1S/C16H17ClN2O4S/c17-14-5-4-13(24-14)12-8-11(18-23-12)16(22)19-7-1-2-10(9-19)3-6-15(20)21/h4-5,8,10H,1-3,6-7,9H2,(H,20,21). The Bertz CT molecular complexity index is 742. The molecular weight excluding hydrogens is 352 g/mol. The highest BCUT2D eigenvalue weighted by Crippen LogP contribution is 2.31. The number of carboxylic acids is 1. The van der Waals surface area contributed by atoms with Crippen LogP contribution in [0.4, 0.5) is 0 Å². The molecule has 1 saturated heterocycles. The van der Waals surface area contributed by atoms with Crippen molar-refractivity contribution in [3.8, 4) is 10.6 Å². The second-order valence-corrected chi connectivity index (χ2v) is 7.59. The van der Waals surface area contributed by atoms with Crippen LogP contribution in [0, 0.1) is 5.92 Å².